The lowest BCUT2D eigenvalue weighted by Gasteiger charge is -2.40. The van der Waals surface area contributed by atoms with Crippen molar-refractivity contribution in [1.29, 1.82) is 0 Å². The SMILES string of the molecule is CCCOCCOCCOCCOCCC(=O)NCC1O[C@H](OP(=O)(O)OP(=O)(O)OC[C@@H]2C[C@H](O)[C@H](Nc3nc(N)[nH]c(=O)c3N)O2)C(O)C(O)[C@@H]1O. The van der Waals surface area contributed by atoms with Gasteiger partial charge in [0, 0.05) is 26.0 Å². The van der Waals surface area contributed by atoms with Gasteiger partial charge in [-0.3, -0.25) is 23.6 Å². The number of aliphatic hydroxyl groups is 4. The van der Waals surface area contributed by atoms with Crippen molar-refractivity contribution in [3.05, 3.63) is 10.4 Å². The number of hydrogen-bond donors (Lipinski definition) is 11. The lowest BCUT2D eigenvalue weighted by molar-refractivity contribution is -0.273. The molecule has 54 heavy (non-hydrogen) atoms. The van der Waals surface area contributed by atoms with Gasteiger partial charge in [0.25, 0.3) is 5.56 Å². The van der Waals surface area contributed by atoms with Crippen molar-refractivity contribution >= 4 is 39.0 Å². The number of phosphoric ester groups is 2. The van der Waals surface area contributed by atoms with Crippen LogP contribution < -0.4 is 27.7 Å². The molecule has 0 radical (unpaired) electrons. The van der Waals surface area contributed by atoms with E-state index in [-0.39, 0.29) is 50.1 Å². The molecule has 1 aromatic heterocycles. The van der Waals surface area contributed by atoms with Crippen LogP contribution in [-0.4, -0.2) is 161 Å². The maximum atomic E-state index is 12.6. The van der Waals surface area contributed by atoms with Crippen molar-refractivity contribution in [3.8, 4) is 0 Å². The van der Waals surface area contributed by atoms with E-state index in [1.807, 2.05) is 6.92 Å². The number of phosphoric acid groups is 2. The van der Waals surface area contributed by atoms with Gasteiger partial charge in [0.1, 0.15) is 36.2 Å². The molecule has 0 bridgehead atoms. The molecule has 27 heteroatoms. The Kier molecular flexibility index (Phi) is 19.1. The number of carbonyl (C=O) groups is 1. The van der Waals surface area contributed by atoms with Crippen LogP contribution in [0.3, 0.4) is 0 Å². The summed E-state index contributed by atoms with van der Waals surface area (Å²) in [5.41, 5.74) is 10.0. The number of rotatable bonds is 25. The molecular weight excluding hydrogens is 774 g/mol. The number of nitrogen functional groups attached to an aromatic ring is 2. The van der Waals surface area contributed by atoms with Gasteiger partial charge in [0.15, 0.2) is 18.3 Å². The molecule has 2 saturated heterocycles. The molecule has 312 valence electrons. The van der Waals surface area contributed by atoms with Gasteiger partial charge in [-0.25, -0.2) is 9.13 Å². The van der Waals surface area contributed by atoms with Crippen LogP contribution >= 0.6 is 15.6 Å². The maximum absolute atomic E-state index is 12.6. The molecule has 2 aliphatic heterocycles. The quantitative estimate of drug-likeness (QED) is 0.0343. The third kappa shape index (κ3) is 15.6. The Morgan fingerprint density at radius 3 is 2.15 bits per heavy atom. The summed E-state index contributed by atoms with van der Waals surface area (Å²) in [6.45, 7) is 3.65. The highest BCUT2D eigenvalue weighted by molar-refractivity contribution is 7.61. The Balaban J connectivity index is 1.37. The summed E-state index contributed by atoms with van der Waals surface area (Å²) in [4.78, 5) is 50.3. The summed E-state index contributed by atoms with van der Waals surface area (Å²) in [6, 6.07) is 0. The van der Waals surface area contributed by atoms with Crippen LogP contribution in [0, 0.1) is 0 Å². The fourth-order valence-electron chi connectivity index (χ4n) is 4.76. The number of aromatic amines is 1. The molecule has 0 aliphatic carbocycles. The standard InChI is InChI=1S/C27H50N6O19P2/c1-2-4-44-6-8-46-10-11-47-9-7-45-5-3-18(35)30-13-17-20(36)21(37)22(38)26(50-17)51-54(42,43)52-53(40,41)48-14-15-12-16(34)25(49-15)31-23-19(28)24(39)33-27(29)32-23/h15-17,20-22,25-26,34,36-38H,2-14,28H2,1H3,(H,30,35)(H,40,41)(H,42,43)(H4,29,31,32,33,39)/t15-,16-,17?,20+,21?,22?,25+,26+/m0/s1. The first kappa shape index (κ1) is 46.0. The molecule has 1 aromatic rings. The van der Waals surface area contributed by atoms with E-state index < -0.39 is 89.4 Å². The monoisotopic (exact) mass is 824 g/mol. The summed E-state index contributed by atoms with van der Waals surface area (Å²) in [7, 11) is -11.1. The minimum Gasteiger partial charge on any atom is -0.391 e. The molecule has 3 heterocycles. The molecule has 3 rings (SSSR count). The number of ether oxygens (including phenoxy) is 6. The third-order valence-electron chi connectivity index (χ3n) is 7.42. The molecule has 13 N–H and O–H groups in total. The van der Waals surface area contributed by atoms with Crippen LogP contribution in [0.5, 0.6) is 0 Å². The number of hydrogen-bond acceptors (Lipinski definition) is 21. The van der Waals surface area contributed by atoms with Gasteiger partial charge in [-0.15, -0.1) is 0 Å². The van der Waals surface area contributed by atoms with E-state index in [4.69, 9.17) is 44.4 Å². The van der Waals surface area contributed by atoms with Crippen LogP contribution in [0.4, 0.5) is 17.5 Å². The summed E-state index contributed by atoms with van der Waals surface area (Å²) in [5.74, 6) is -1.05. The van der Waals surface area contributed by atoms with E-state index in [2.05, 4.69) is 29.4 Å². The van der Waals surface area contributed by atoms with E-state index in [1.165, 1.54) is 0 Å². The van der Waals surface area contributed by atoms with Crippen LogP contribution in [0.2, 0.25) is 0 Å². The number of nitrogens with one attached hydrogen (secondary N) is 3. The summed E-state index contributed by atoms with van der Waals surface area (Å²) >= 11 is 0. The van der Waals surface area contributed by atoms with Crippen molar-refractivity contribution in [2.75, 3.05) is 82.8 Å². The molecule has 2 fully saturated rings. The molecule has 0 aromatic carbocycles. The molecule has 10 atom stereocenters. The Morgan fingerprint density at radius 2 is 1.52 bits per heavy atom. The van der Waals surface area contributed by atoms with Crippen molar-refractivity contribution in [2.45, 2.75) is 75.3 Å². The molecule has 0 saturated carbocycles. The Morgan fingerprint density at radius 1 is 0.907 bits per heavy atom. The first-order chi connectivity index (χ1) is 25.5. The fraction of sp³-hybridized carbons (Fsp3) is 0.815. The number of carbonyl (C=O) groups excluding carboxylic acids is 1. The fourth-order valence-corrected chi connectivity index (χ4v) is 6.93. The summed E-state index contributed by atoms with van der Waals surface area (Å²) in [5, 5.41) is 46.2. The predicted molar refractivity (Wildman–Crippen MR) is 182 cm³/mol. The normalized spacial score (nSPS) is 28.0. The number of H-pyrrole nitrogens is 1. The zero-order chi connectivity index (χ0) is 39.9. The Hall–Kier alpha value is -2.39. The summed E-state index contributed by atoms with van der Waals surface area (Å²) < 4.78 is 70.8. The lowest BCUT2D eigenvalue weighted by atomic mass is 9.99. The zero-order valence-electron chi connectivity index (χ0n) is 29.3. The number of nitrogens with zero attached hydrogens (tertiary/aromatic N) is 1. The number of amides is 1. The highest BCUT2D eigenvalue weighted by atomic mass is 31.3. The van der Waals surface area contributed by atoms with Gasteiger partial charge >= 0.3 is 15.6 Å². The van der Waals surface area contributed by atoms with Gasteiger partial charge in [-0.05, 0) is 6.42 Å². The second-order valence-corrected chi connectivity index (χ2v) is 14.8. The number of anilines is 3. The van der Waals surface area contributed by atoms with Crippen LogP contribution in [0.15, 0.2) is 4.79 Å². The van der Waals surface area contributed by atoms with Crippen LogP contribution in [-0.2, 0) is 55.7 Å². The Labute approximate surface area is 308 Å². The average molecular weight is 825 g/mol. The predicted octanol–water partition coefficient (Wildman–Crippen LogP) is -3.14. The van der Waals surface area contributed by atoms with Crippen LogP contribution in [0.25, 0.3) is 0 Å². The largest absolute Gasteiger partial charge is 0.483 e. The molecule has 5 unspecified atom stereocenters. The molecule has 0 spiro atoms. The number of aliphatic hydroxyl groups excluding tert-OH is 4. The molecule has 2 aliphatic rings. The smallest absolute Gasteiger partial charge is 0.391 e. The van der Waals surface area contributed by atoms with E-state index in [1.54, 1.807) is 0 Å². The second-order valence-electron chi connectivity index (χ2n) is 11.8. The van der Waals surface area contributed by atoms with Crippen molar-refractivity contribution in [3.63, 3.8) is 0 Å². The highest BCUT2D eigenvalue weighted by Crippen LogP contribution is 2.61. The van der Waals surface area contributed by atoms with Crippen molar-refractivity contribution < 1.29 is 85.9 Å². The molecule has 25 nitrogen and oxygen atoms in total. The van der Waals surface area contributed by atoms with Gasteiger partial charge in [0.05, 0.1) is 59.0 Å². The van der Waals surface area contributed by atoms with Gasteiger partial charge in [-0.1, -0.05) is 6.92 Å². The lowest BCUT2D eigenvalue weighted by Crippen LogP contribution is -2.60. The second kappa shape index (κ2) is 22.4. The van der Waals surface area contributed by atoms with Crippen molar-refractivity contribution in [2.24, 2.45) is 0 Å². The Bertz CT molecular complexity index is 1460. The van der Waals surface area contributed by atoms with Crippen LogP contribution in [0.1, 0.15) is 26.2 Å². The van der Waals surface area contributed by atoms with E-state index in [0.29, 0.717) is 33.0 Å². The highest BCUT2D eigenvalue weighted by Gasteiger charge is 2.49. The van der Waals surface area contributed by atoms with E-state index in [9.17, 15) is 48.9 Å². The first-order valence-corrected chi connectivity index (χ1v) is 19.7. The number of nitrogens with two attached hydrogens (primary N) is 2. The van der Waals surface area contributed by atoms with Gasteiger partial charge < -0.3 is 80.7 Å². The average Bonchev–Trinajstić information content (AvgIpc) is 3.45. The molecule has 1 amide bonds. The topological polar surface area (TPSA) is 378 Å². The number of aromatic nitrogens is 2. The van der Waals surface area contributed by atoms with E-state index in [0.717, 1.165) is 6.42 Å². The third-order valence-corrected chi connectivity index (χ3v) is 10.0. The van der Waals surface area contributed by atoms with Gasteiger partial charge in [0.2, 0.25) is 11.9 Å². The molecular formula is C27H50N6O19P2. The summed E-state index contributed by atoms with van der Waals surface area (Å²) in [6.07, 6.45) is -12.7. The van der Waals surface area contributed by atoms with E-state index >= 15 is 0 Å². The minimum absolute atomic E-state index is 0.0129. The maximum Gasteiger partial charge on any atom is 0.483 e. The first-order valence-electron chi connectivity index (χ1n) is 16.7. The minimum atomic E-state index is -5.63. The van der Waals surface area contributed by atoms with Crippen molar-refractivity contribution in [1.82, 2.24) is 15.3 Å². The zero-order valence-corrected chi connectivity index (χ0v) is 31.1. The van der Waals surface area contributed by atoms with Gasteiger partial charge in [-0.2, -0.15) is 9.29 Å².